The van der Waals surface area contributed by atoms with Gasteiger partial charge in [-0.3, -0.25) is 0 Å². The second-order valence-corrected chi connectivity index (χ2v) is 19.0. The molecule has 0 bridgehead atoms. The van der Waals surface area contributed by atoms with E-state index < -0.39 is 0 Å². The molecule has 8 heteroatoms. The summed E-state index contributed by atoms with van der Waals surface area (Å²) >= 11 is 0. The van der Waals surface area contributed by atoms with E-state index in [2.05, 4.69) is 177 Å². The van der Waals surface area contributed by atoms with Gasteiger partial charge in [0.25, 0.3) is 0 Å². The van der Waals surface area contributed by atoms with Crippen molar-refractivity contribution in [1.29, 1.82) is 10.5 Å². The summed E-state index contributed by atoms with van der Waals surface area (Å²) < 4.78 is 18.0. The molecule has 354 valence electrons. The minimum atomic E-state index is 0.338. The second kappa shape index (κ2) is 16.9. The molecule has 0 aliphatic carbocycles. The number of para-hydroxylation sites is 6. The van der Waals surface area contributed by atoms with Crippen molar-refractivity contribution in [3.8, 4) is 23.5 Å². The number of furan rings is 2. The topological polar surface area (TPSA) is 90.2 Å². The summed E-state index contributed by atoms with van der Waals surface area (Å²) in [5.74, 6) is 0. The molecule has 11 aromatic carbocycles. The number of nitriles is 2. The van der Waals surface area contributed by atoms with Crippen LogP contribution in [-0.2, 0) is 0 Å². The molecule has 8 nitrogen and oxygen atoms in total. The molecule has 0 atom stereocenters. The standard InChI is InChI=1S/C68H40N6O2/c69-41-43-29-34-59(73-57-35-30-48(71(44-17-5-1-6-18-44)45-19-7-2-8-20-45)39-54(57)64-60(73)37-32-52-50-25-13-15-27-62(50)75-67(52)64)56(42-70)66(43)74-58-36-31-49(72(46-21-9-3-10-22-46)47-23-11-4-12-24-47)40-55(58)65-61(74)38-33-53-51-26-14-16-28-63(51)76-68(53)65/h1-40H. The molecule has 0 aliphatic rings. The molecule has 0 saturated carbocycles. The lowest BCUT2D eigenvalue weighted by Gasteiger charge is -2.25. The molecule has 0 unspecified atom stereocenters. The van der Waals surface area contributed by atoms with Gasteiger partial charge in [0, 0.05) is 66.4 Å². The Morgan fingerprint density at radius 1 is 0.329 bits per heavy atom. The Labute approximate surface area is 435 Å². The van der Waals surface area contributed by atoms with E-state index in [0.717, 1.165) is 122 Å². The van der Waals surface area contributed by atoms with E-state index in [-0.39, 0.29) is 0 Å². The minimum absolute atomic E-state index is 0.338. The normalized spacial score (nSPS) is 11.7. The maximum atomic E-state index is 11.8. The quantitative estimate of drug-likeness (QED) is 0.151. The summed E-state index contributed by atoms with van der Waals surface area (Å²) in [6, 6.07) is 88.0. The summed E-state index contributed by atoms with van der Waals surface area (Å²) in [7, 11) is 0. The van der Waals surface area contributed by atoms with Crippen LogP contribution in [0.4, 0.5) is 34.1 Å². The Morgan fingerprint density at radius 3 is 1.18 bits per heavy atom. The van der Waals surface area contributed by atoms with Crippen molar-refractivity contribution in [2.75, 3.05) is 9.80 Å². The Bertz CT molecular complexity index is 4820. The van der Waals surface area contributed by atoms with Crippen molar-refractivity contribution in [2.45, 2.75) is 0 Å². The van der Waals surface area contributed by atoms with Crippen LogP contribution in [-0.4, -0.2) is 9.13 Å². The molecule has 4 heterocycles. The van der Waals surface area contributed by atoms with Crippen LogP contribution in [0.1, 0.15) is 11.1 Å². The monoisotopic (exact) mass is 972 g/mol. The number of nitrogens with zero attached hydrogens (tertiary/aromatic N) is 6. The molecular formula is C68H40N6O2. The first kappa shape index (κ1) is 42.8. The summed E-state index contributed by atoms with van der Waals surface area (Å²) in [4.78, 5) is 4.50. The zero-order valence-corrected chi connectivity index (χ0v) is 40.6. The molecule has 0 radical (unpaired) electrons. The van der Waals surface area contributed by atoms with Gasteiger partial charge in [-0.15, -0.1) is 0 Å². The van der Waals surface area contributed by atoms with Gasteiger partial charge < -0.3 is 27.8 Å². The highest BCUT2D eigenvalue weighted by Crippen LogP contribution is 2.48. The van der Waals surface area contributed by atoms with E-state index >= 15 is 0 Å². The Kier molecular flexibility index (Phi) is 9.52. The highest BCUT2D eigenvalue weighted by atomic mass is 16.3. The van der Waals surface area contributed by atoms with Gasteiger partial charge in [-0.2, -0.15) is 10.5 Å². The maximum Gasteiger partial charge on any atom is 0.145 e. The van der Waals surface area contributed by atoms with Crippen LogP contribution >= 0.6 is 0 Å². The largest absolute Gasteiger partial charge is 0.455 e. The van der Waals surface area contributed by atoms with E-state index in [1.165, 1.54) is 0 Å². The third kappa shape index (κ3) is 6.35. The van der Waals surface area contributed by atoms with Crippen LogP contribution in [0.5, 0.6) is 0 Å². The Morgan fingerprint density at radius 2 is 0.737 bits per heavy atom. The minimum Gasteiger partial charge on any atom is -0.455 e. The van der Waals surface area contributed by atoms with E-state index in [4.69, 9.17) is 8.83 Å². The molecule has 15 aromatic rings. The van der Waals surface area contributed by atoms with Crippen LogP contribution in [0.25, 0.3) is 98.9 Å². The zero-order valence-electron chi connectivity index (χ0n) is 40.6. The smallest absolute Gasteiger partial charge is 0.145 e. The lowest BCUT2D eigenvalue weighted by molar-refractivity contribution is 0.672. The summed E-state index contributed by atoms with van der Waals surface area (Å²) in [5, 5.41) is 30.7. The first-order valence-electron chi connectivity index (χ1n) is 25.2. The fourth-order valence-electron chi connectivity index (χ4n) is 11.7. The Balaban J connectivity index is 1.03. The molecular weight excluding hydrogens is 933 g/mol. The molecule has 4 aromatic heterocycles. The number of hydrogen-bond donors (Lipinski definition) is 0. The SMILES string of the molecule is N#Cc1ccc(-n2c3ccc(N(c4ccccc4)c4ccccc4)cc3c3c4oc5ccccc5c4ccc32)c(C#N)c1-n1c2ccc(N(c3ccccc3)c3ccccc3)cc2c2c3oc4ccccc4c3ccc21. The van der Waals surface area contributed by atoms with Crippen LogP contribution in [0, 0.1) is 22.7 Å². The fraction of sp³-hybridized carbons (Fsp3) is 0. The van der Waals surface area contributed by atoms with Crippen molar-refractivity contribution in [2.24, 2.45) is 0 Å². The van der Waals surface area contributed by atoms with Crippen LogP contribution in [0.3, 0.4) is 0 Å². The van der Waals surface area contributed by atoms with Gasteiger partial charge >= 0.3 is 0 Å². The van der Waals surface area contributed by atoms with Crippen LogP contribution < -0.4 is 9.80 Å². The van der Waals surface area contributed by atoms with E-state index in [1.807, 2.05) is 97.1 Å². The van der Waals surface area contributed by atoms with Crippen molar-refractivity contribution >= 4 is 122 Å². The maximum absolute atomic E-state index is 11.8. The van der Waals surface area contributed by atoms with E-state index in [1.54, 1.807) is 0 Å². The third-order valence-corrected chi connectivity index (χ3v) is 14.9. The van der Waals surface area contributed by atoms with E-state index in [9.17, 15) is 10.5 Å². The van der Waals surface area contributed by atoms with Gasteiger partial charge in [0.15, 0.2) is 0 Å². The molecule has 0 spiro atoms. The van der Waals surface area contributed by atoms with Crippen molar-refractivity contribution in [3.05, 3.63) is 254 Å². The number of hydrogen-bond acceptors (Lipinski definition) is 6. The van der Waals surface area contributed by atoms with Crippen molar-refractivity contribution < 1.29 is 8.83 Å². The van der Waals surface area contributed by atoms with E-state index in [0.29, 0.717) is 22.5 Å². The zero-order chi connectivity index (χ0) is 50.4. The lowest BCUT2D eigenvalue weighted by atomic mass is 10.0. The van der Waals surface area contributed by atoms with Gasteiger partial charge in [-0.25, -0.2) is 0 Å². The lowest BCUT2D eigenvalue weighted by Crippen LogP contribution is -2.10. The first-order chi connectivity index (χ1) is 37.6. The van der Waals surface area contributed by atoms with Crippen LogP contribution in [0.15, 0.2) is 251 Å². The molecule has 0 saturated heterocycles. The Hall–Kier alpha value is -10.8. The second-order valence-electron chi connectivity index (χ2n) is 19.0. The molecule has 76 heavy (non-hydrogen) atoms. The highest BCUT2D eigenvalue weighted by Gasteiger charge is 2.28. The van der Waals surface area contributed by atoms with Gasteiger partial charge in [0.2, 0.25) is 0 Å². The summed E-state index contributed by atoms with van der Waals surface area (Å²) in [6.07, 6.45) is 0. The first-order valence-corrected chi connectivity index (χ1v) is 25.2. The third-order valence-electron chi connectivity index (χ3n) is 14.9. The van der Waals surface area contributed by atoms with Gasteiger partial charge in [0.1, 0.15) is 40.0 Å². The molecule has 0 N–H and O–H groups in total. The predicted molar refractivity (Wildman–Crippen MR) is 308 cm³/mol. The number of anilines is 6. The van der Waals surface area contributed by atoms with Crippen LogP contribution in [0.2, 0.25) is 0 Å². The van der Waals surface area contributed by atoms with Crippen molar-refractivity contribution in [1.82, 2.24) is 9.13 Å². The van der Waals surface area contributed by atoms with Crippen molar-refractivity contribution in [3.63, 3.8) is 0 Å². The van der Waals surface area contributed by atoms with Gasteiger partial charge in [-0.1, -0.05) is 109 Å². The predicted octanol–water partition coefficient (Wildman–Crippen LogP) is 18.4. The number of fused-ring (bicyclic) bond motifs is 14. The molecule has 0 amide bonds. The highest BCUT2D eigenvalue weighted by molar-refractivity contribution is 6.26. The summed E-state index contributed by atoms with van der Waals surface area (Å²) in [5.41, 5.74) is 14.1. The average molecular weight is 973 g/mol. The average Bonchev–Trinajstić information content (AvgIpc) is 4.38. The fourth-order valence-corrected chi connectivity index (χ4v) is 11.7. The molecule has 0 aliphatic heterocycles. The molecule has 0 fully saturated rings. The van der Waals surface area contributed by atoms with Gasteiger partial charge in [0.05, 0.1) is 49.8 Å². The number of rotatable bonds is 8. The molecule has 15 rings (SSSR count). The number of benzene rings is 11. The van der Waals surface area contributed by atoms with Gasteiger partial charge in [-0.05, 0) is 133 Å². The number of aromatic nitrogens is 2. The summed E-state index contributed by atoms with van der Waals surface area (Å²) in [6.45, 7) is 0.